The summed E-state index contributed by atoms with van der Waals surface area (Å²) in [4.78, 5) is 38.9. The number of rotatable bonds is 8. The van der Waals surface area contributed by atoms with Crippen LogP contribution in [0.4, 0.5) is 5.69 Å². The first-order valence-electron chi connectivity index (χ1n) is 8.21. The van der Waals surface area contributed by atoms with Crippen molar-refractivity contribution in [3.63, 3.8) is 0 Å². The summed E-state index contributed by atoms with van der Waals surface area (Å²) in [7, 11) is 0. The molecule has 2 rings (SSSR count). The van der Waals surface area contributed by atoms with Crippen LogP contribution in [-0.4, -0.2) is 33.7 Å². The maximum Gasteiger partial charge on any atom is 0.305 e. The van der Waals surface area contributed by atoms with Crippen LogP contribution in [0.3, 0.4) is 0 Å². The number of carboxylic acids is 1. The highest BCUT2D eigenvalue weighted by Gasteiger charge is 2.17. The second-order valence-electron chi connectivity index (χ2n) is 5.76. The maximum absolute atomic E-state index is 12.1. The fourth-order valence-electron chi connectivity index (χ4n) is 2.30. The highest BCUT2D eigenvalue weighted by molar-refractivity contribution is 6.04. The molecule has 1 atom stereocenters. The molecule has 6 N–H and O–H groups in total. The van der Waals surface area contributed by atoms with Crippen LogP contribution >= 0.6 is 0 Å². The fraction of sp³-hybridized carbons (Fsp3) is 0.105. The highest BCUT2D eigenvalue weighted by atomic mass is 16.4. The molecule has 0 radical (unpaired) electrons. The van der Waals surface area contributed by atoms with E-state index >= 15 is 0 Å². The number of nitrogens with zero attached hydrogens (tertiary/aromatic N) is 1. The zero-order valence-electron chi connectivity index (χ0n) is 14.8. The Morgan fingerprint density at radius 3 is 2.39 bits per heavy atom. The third-order valence-electron chi connectivity index (χ3n) is 3.63. The molecule has 0 aliphatic carbocycles. The number of hydrogen-bond donors (Lipinski definition) is 5. The number of hydrogen-bond acceptors (Lipinski definition) is 5. The molecule has 1 aromatic heterocycles. The number of amidine groups is 1. The standard InChI is InChI=1S/C19H19N5O4/c20-19(21)12-3-5-14(6-4-12)23-16(25)7-8-17(26)24-15(10-18(27)28)13-2-1-9-22-11-13/h1-9,11,15H,10H2,(H3,20,21)(H,23,25)(H,24,26)(H,27,28)/b8-7+. The Morgan fingerprint density at radius 1 is 1.14 bits per heavy atom. The number of nitrogens with two attached hydrogens (primary N) is 1. The molecule has 1 heterocycles. The van der Waals surface area contributed by atoms with E-state index in [2.05, 4.69) is 15.6 Å². The Balaban J connectivity index is 1.95. The molecule has 2 aromatic rings. The molecule has 1 aromatic carbocycles. The van der Waals surface area contributed by atoms with E-state index in [1.807, 2.05) is 0 Å². The molecule has 0 spiro atoms. The van der Waals surface area contributed by atoms with Gasteiger partial charge in [-0.15, -0.1) is 0 Å². The van der Waals surface area contributed by atoms with Crippen molar-refractivity contribution >= 4 is 29.3 Å². The molecule has 2 amide bonds. The summed E-state index contributed by atoms with van der Waals surface area (Å²) in [5.41, 5.74) is 6.89. The molecule has 1 unspecified atom stereocenters. The Morgan fingerprint density at radius 2 is 1.82 bits per heavy atom. The van der Waals surface area contributed by atoms with Crippen molar-refractivity contribution in [2.24, 2.45) is 5.73 Å². The summed E-state index contributed by atoms with van der Waals surface area (Å²) in [6, 6.07) is 8.84. The molecule has 0 bridgehead atoms. The minimum absolute atomic E-state index is 0.0843. The van der Waals surface area contributed by atoms with Crippen LogP contribution < -0.4 is 16.4 Å². The number of aliphatic carboxylic acids is 1. The van der Waals surface area contributed by atoms with Crippen molar-refractivity contribution in [2.75, 3.05) is 5.32 Å². The lowest BCUT2D eigenvalue weighted by Gasteiger charge is -2.15. The van der Waals surface area contributed by atoms with E-state index in [4.69, 9.17) is 16.2 Å². The zero-order valence-corrected chi connectivity index (χ0v) is 14.8. The predicted molar refractivity (Wildman–Crippen MR) is 103 cm³/mol. The van der Waals surface area contributed by atoms with Gasteiger partial charge in [0.05, 0.1) is 12.5 Å². The molecule has 0 saturated carbocycles. The number of carboxylic acid groups (broad SMARTS) is 1. The van der Waals surface area contributed by atoms with Gasteiger partial charge in [-0.2, -0.15) is 0 Å². The van der Waals surface area contributed by atoms with Gasteiger partial charge in [0, 0.05) is 35.8 Å². The fourth-order valence-corrected chi connectivity index (χ4v) is 2.30. The molecule has 0 aliphatic heterocycles. The number of aromatic nitrogens is 1. The molecule has 9 heteroatoms. The van der Waals surface area contributed by atoms with E-state index in [1.165, 1.54) is 12.4 Å². The molecule has 0 aliphatic rings. The molecule has 9 nitrogen and oxygen atoms in total. The van der Waals surface area contributed by atoms with Crippen molar-refractivity contribution in [1.29, 1.82) is 5.41 Å². The van der Waals surface area contributed by atoms with Gasteiger partial charge in [-0.1, -0.05) is 6.07 Å². The highest BCUT2D eigenvalue weighted by Crippen LogP contribution is 2.15. The zero-order chi connectivity index (χ0) is 20.5. The van der Waals surface area contributed by atoms with Gasteiger partial charge < -0.3 is 21.5 Å². The van der Waals surface area contributed by atoms with E-state index in [-0.39, 0.29) is 12.3 Å². The van der Waals surface area contributed by atoms with Crippen LogP contribution in [0.2, 0.25) is 0 Å². The number of pyridine rings is 1. The number of amides is 2. The van der Waals surface area contributed by atoms with Crippen molar-refractivity contribution in [3.05, 3.63) is 72.1 Å². The summed E-state index contributed by atoms with van der Waals surface area (Å²) >= 11 is 0. The van der Waals surface area contributed by atoms with Crippen LogP contribution in [-0.2, 0) is 14.4 Å². The molecular weight excluding hydrogens is 362 g/mol. The third-order valence-corrected chi connectivity index (χ3v) is 3.63. The largest absolute Gasteiger partial charge is 0.481 e. The number of benzene rings is 1. The lowest BCUT2D eigenvalue weighted by atomic mass is 10.1. The summed E-state index contributed by atoms with van der Waals surface area (Å²) < 4.78 is 0. The van der Waals surface area contributed by atoms with Crippen LogP contribution in [0.15, 0.2) is 60.9 Å². The Hall–Kier alpha value is -4.01. The number of nitrogens with one attached hydrogen (secondary N) is 3. The van der Waals surface area contributed by atoms with Gasteiger partial charge >= 0.3 is 5.97 Å². The van der Waals surface area contributed by atoms with Crippen molar-refractivity contribution < 1.29 is 19.5 Å². The lowest BCUT2D eigenvalue weighted by molar-refractivity contribution is -0.137. The van der Waals surface area contributed by atoms with Gasteiger partial charge in [-0.05, 0) is 35.9 Å². The second kappa shape index (κ2) is 9.62. The first-order chi connectivity index (χ1) is 13.3. The van der Waals surface area contributed by atoms with Gasteiger partial charge in [-0.25, -0.2) is 0 Å². The van der Waals surface area contributed by atoms with Gasteiger partial charge in [0.25, 0.3) is 0 Å². The SMILES string of the molecule is N=C(N)c1ccc(NC(=O)/C=C/C(=O)NC(CC(=O)O)c2cccnc2)cc1. The first-order valence-corrected chi connectivity index (χ1v) is 8.21. The minimum Gasteiger partial charge on any atom is -0.481 e. The van der Waals surface area contributed by atoms with Crippen molar-refractivity contribution in [2.45, 2.75) is 12.5 Å². The molecule has 144 valence electrons. The number of carbonyl (C=O) groups excluding carboxylic acids is 2. The quantitative estimate of drug-likeness (QED) is 0.262. The third kappa shape index (κ3) is 6.37. The van der Waals surface area contributed by atoms with E-state index in [0.29, 0.717) is 16.8 Å². The summed E-state index contributed by atoms with van der Waals surface area (Å²) in [6.07, 6.45) is 4.74. The minimum atomic E-state index is -1.08. The van der Waals surface area contributed by atoms with Gasteiger partial charge in [0.2, 0.25) is 11.8 Å². The predicted octanol–water partition coefficient (Wildman–Crippen LogP) is 1.19. The van der Waals surface area contributed by atoms with E-state index < -0.39 is 23.8 Å². The normalized spacial score (nSPS) is 11.6. The monoisotopic (exact) mass is 381 g/mol. The smallest absolute Gasteiger partial charge is 0.305 e. The maximum atomic E-state index is 12.1. The number of anilines is 1. The Labute approximate surface area is 160 Å². The van der Waals surface area contributed by atoms with Crippen LogP contribution in [0.5, 0.6) is 0 Å². The van der Waals surface area contributed by atoms with Crippen LogP contribution in [0, 0.1) is 5.41 Å². The van der Waals surface area contributed by atoms with Crippen LogP contribution in [0.1, 0.15) is 23.6 Å². The average Bonchev–Trinajstić information content (AvgIpc) is 2.66. The average molecular weight is 381 g/mol. The number of nitrogen functional groups attached to an aromatic ring is 1. The van der Waals surface area contributed by atoms with Crippen molar-refractivity contribution in [3.8, 4) is 0 Å². The Kier molecular flexibility index (Phi) is 6.98. The van der Waals surface area contributed by atoms with Gasteiger partial charge in [-0.3, -0.25) is 24.8 Å². The van der Waals surface area contributed by atoms with Crippen LogP contribution in [0.25, 0.3) is 0 Å². The first kappa shape index (κ1) is 20.3. The Bertz CT molecular complexity index is 894. The summed E-state index contributed by atoms with van der Waals surface area (Å²) in [5.74, 6) is -2.32. The molecule has 28 heavy (non-hydrogen) atoms. The summed E-state index contributed by atoms with van der Waals surface area (Å²) in [5, 5.41) is 21.4. The summed E-state index contributed by atoms with van der Waals surface area (Å²) in [6.45, 7) is 0. The van der Waals surface area contributed by atoms with E-state index in [0.717, 1.165) is 12.2 Å². The molecule has 0 saturated heterocycles. The topological polar surface area (TPSA) is 158 Å². The van der Waals surface area contributed by atoms with Crippen molar-refractivity contribution in [1.82, 2.24) is 10.3 Å². The van der Waals surface area contributed by atoms with Gasteiger partial charge in [0.1, 0.15) is 5.84 Å². The van der Waals surface area contributed by atoms with E-state index in [9.17, 15) is 14.4 Å². The lowest BCUT2D eigenvalue weighted by Crippen LogP contribution is -2.29. The second-order valence-corrected chi connectivity index (χ2v) is 5.76. The van der Waals surface area contributed by atoms with E-state index in [1.54, 1.807) is 36.4 Å². The van der Waals surface area contributed by atoms with Gasteiger partial charge in [0.15, 0.2) is 0 Å². The molecular formula is C19H19N5O4. The number of carbonyl (C=O) groups is 3. The molecule has 0 fully saturated rings.